The molecule has 0 spiro atoms. The van der Waals surface area contributed by atoms with E-state index >= 15 is 0 Å². The van der Waals surface area contributed by atoms with Crippen molar-refractivity contribution in [2.75, 3.05) is 18.5 Å². The van der Waals surface area contributed by atoms with E-state index in [2.05, 4.69) is 26.8 Å². The molecule has 1 N–H and O–H groups in total. The molecule has 1 aromatic heterocycles. The third-order valence-corrected chi connectivity index (χ3v) is 8.56. The summed E-state index contributed by atoms with van der Waals surface area (Å²) in [5.74, 6) is 0.758. The molecule has 1 saturated heterocycles. The molecule has 44 heavy (non-hydrogen) atoms. The molecular weight excluding hydrogens is 568 g/mol. The van der Waals surface area contributed by atoms with Gasteiger partial charge in [-0.1, -0.05) is 82.3 Å². The van der Waals surface area contributed by atoms with Gasteiger partial charge in [0.15, 0.2) is 0 Å². The minimum Gasteiger partial charge on any atom is -0.506 e. The molecular formula is C37H43ClN4O2. The minimum atomic E-state index is 0.0288. The second-order valence-electron chi connectivity index (χ2n) is 11.5. The summed E-state index contributed by atoms with van der Waals surface area (Å²) in [6, 6.07) is 22.9. The van der Waals surface area contributed by atoms with Gasteiger partial charge in [0.05, 0.1) is 27.7 Å². The van der Waals surface area contributed by atoms with Crippen LogP contribution >= 0.6 is 11.6 Å². The highest BCUT2D eigenvalue weighted by Crippen LogP contribution is 2.32. The van der Waals surface area contributed by atoms with Gasteiger partial charge < -0.3 is 14.9 Å². The summed E-state index contributed by atoms with van der Waals surface area (Å²) in [5, 5.41) is 20.0. The van der Waals surface area contributed by atoms with Gasteiger partial charge in [0, 0.05) is 31.6 Å². The summed E-state index contributed by atoms with van der Waals surface area (Å²) >= 11 is 6.12. The Hall–Kier alpha value is -4.08. The number of nitrogens with zero attached hydrogens (tertiary/aromatic N) is 4. The van der Waals surface area contributed by atoms with Crippen LogP contribution in [0.15, 0.2) is 66.7 Å². The number of fused-ring (bicyclic) bond motifs is 1. The minimum absolute atomic E-state index is 0.0288. The van der Waals surface area contributed by atoms with Crippen LogP contribution < -0.4 is 4.90 Å². The summed E-state index contributed by atoms with van der Waals surface area (Å²) in [4.78, 5) is 22.9. The zero-order valence-corrected chi connectivity index (χ0v) is 27.1. The molecule has 0 saturated carbocycles. The molecule has 1 aliphatic rings. The fourth-order valence-corrected chi connectivity index (χ4v) is 5.89. The van der Waals surface area contributed by atoms with E-state index in [-0.39, 0.29) is 17.7 Å². The molecule has 230 valence electrons. The van der Waals surface area contributed by atoms with Crippen molar-refractivity contribution < 1.29 is 9.90 Å². The Morgan fingerprint density at radius 1 is 1.02 bits per heavy atom. The molecule has 0 bridgehead atoms. The number of pyridine rings is 1. The molecule has 5 rings (SSSR count). The van der Waals surface area contributed by atoms with Gasteiger partial charge in [-0.05, 0) is 78.4 Å². The van der Waals surface area contributed by atoms with Crippen molar-refractivity contribution in [2.45, 2.75) is 78.3 Å². The van der Waals surface area contributed by atoms with Gasteiger partial charge in [-0.3, -0.25) is 4.79 Å². The summed E-state index contributed by atoms with van der Waals surface area (Å²) in [6.07, 6.45) is 8.50. The van der Waals surface area contributed by atoms with E-state index in [1.807, 2.05) is 59.3 Å². The molecule has 1 fully saturated rings. The van der Waals surface area contributed by atoms with E-state index in [0.29, 0.717) is 28.5 Å². The monoisotopic (exact) mass is 610 g/mol. The number of likely N-dealkylation sites (tertiary alicyclic amines) is 1. The van der Waals surface area contributed by atoms with Crippen LogP contribution in [-0.2, 0) is 6.54 Å². The van der Waals surface area contributed by atoms with Crippen molar-refractivity contribution in [2.24, 2.45) is 0 Å². The van der Waals surface area contributed by atoms with Gasteiger partial charge in [0.1, 0.15) is 11.6 Å². The maximum absolute atomic E-state index is 14.0. The van der Waals surface area contributed by atoms with Crippen LogP contribution in [0.4, 0.5) is 5.82 Å². The van der Waals surface area contributed by atoms with Gasteiger partial charge in [0.2, 0.25) is 0 Å². The topological polar surface area (TPSA) is 80.5 Å². The molecule has 7 heteroatoms. The lowest BCUT2D eigenvalue weighted by molar-refractivity contribution is 0.0735. The molecule has 1 aliphatic heterocycles. The number of unbranched alkanes of at least 4 members (excludes halogenated alkanes) is 3. The Balaban J connectivity index is 0.000000670. The number of nitriles is 1. The van der Waals surface area contributed by atoms with Crippen molar-refractivity contribution in [3.63, 3.8) is 0 Å². The fourth-order valence-electron chi connectivity index (χ4n) is 5.69. The molecule has 1 atom stereocenters. The van der Waals surface area contributed by atoms with Gasteiger partial charge in [-0.2, -0.15) is 5.26 Å². The van der Waals surface area contributed by atoms with Crippen molar-refractivity contribution in [1.82, 2.24) is 9.88 Å². The smallest absolute Gasteiger partial charge is 0.254 e. The first kappa shape index (κ1) is 32.8. The number of benzene rings is 3. The molecule has 6 nitrogen and oxygen atoms in total. The summed E-state index contributed by atoms with van der Waals surface area (Å²) in [7, 11) is 1.93. The van der Waals surface area contributed by atoms with E-state index in [4.69, 9.17) is 21.8 Å². The van der Waals surface area contributed by atoms with Crippen LogP contribution in [0, 0.1) is 11.3 Å². The normalized spacial score (nSPS) is 14.2. The summed E-state index contributed by atoms with van der Waals surface area (Å²) in [5.41, 5.74) is 4.84. The van der Waals surface area contributed by atoms with Crippen molar-refractivity contribution in [3.05, 3.63) is 88.4 Å². The Labute approximate surface area is 266 Å². The molecule has 4 aromatic rings. The number of halogens is 1. The van der Waals surface area contributed by atoms with Crippen molar-refractivity contribution >= 4 is 34.2 Å². The number of hydrogen-bond donors (Lipinski definition) is 1. The van der Waals surface area contributed by atoms with Crippen LogP contribution in [-0.4, -0.2) is 40.5 Å². The maximum Gasteiger partial charge on any atom is 0.254 e. The molecule has 1 amide bonds. The Kier molecular flexibility index (Phi) is 11.6. The molecule has 3 aromatic carbocycles. The average molecular weight is 611 g/mol. The second kappa shape index (κ2) is 15.6. The standard InChI is InChI=1S/C31H29ClN4O2.C6H14/c1-3-24-5-4-14-36(24)31(38)26-17-30(35(2)19-21-8-13-29(37)27(32)15-21)34-28-12-11-23(16-25(26)28)22-9-6-20(18-33)7-10-22;1-3-5-6-4-2/h6-13,15-17,24,37H,3-5,14,19H2,1-2H3;3-6H2,1-2H3. The largest absolute Gasteiger partial charge is 0.506 e. The van der Waals surface area contributed by atoms with E-state index < -0.39 is 0 Å². The van der Waals surface area contributed by atoms with Gasteiger partial charge in [-0.25, -0.2) is 4.98 Å². The predicted octanol–water partition coefficient (Wildman–Crippen LogP) is 9.37. The van der Waals surface area contributed by atoms with Crippen LogP contribution in [0.1, 0.15) is 87.2 Å². The number of phenols is 1. The van der Waals surface area contributed by atoms with Crippen LogP contribution in [0.3, 0.4) is 0 Å². The lowest BCUT2D eigenvalue weighted by atomic mass is 9.99. The maximum atomic E-state index is 14.0. The Bertz CT molecular complexity index is 1610. The first-order valence-corrected chi connectivity index (χ1v) is 16.1. The highest BCUT2D eigenvalue weighted by Gasteiger charge is 2.29. The number of phenolic OH excluding ortho intramolecular Hbond substituents is 1. The molecule has 0 aliphatic carbocycles. The van der Waals surface area contributed by atoms with Gasteiger partial charge >= 0.3 is 0 Å². The van der Waals surface area contributed by atoms with Crippen LogP contribution in [0.5, 0.6) is 5.75 Å². The van der Waals surface area contributed by atoms with E-state index in [1.165, 1.54) is 25.7 Å². The van der Waals surface area contributed by atoms with Gasteiger partial charge in [0.25, 0.3) is 5.91 Å². The molecule has 1 unspecified atom stereocenters. The zero-order chi connectivity index (χ0) is 31.6. The number of rotatable bonds is 9. The Morgan fingerprint density at radius 2 is 1.73 bits per heavy atom. The van der Waals surface area contributed by atoms with E-state index in [0.717, 1.165) is 53.4 Å². The third-order valence-electron chi connectivity index (χ3n) is 8.26. The first-order valence-electron chi connectivity index (χ1n) is 15.7. The summed E-state index contributed by atoms with van der Waals surface area (Å²) < 4.78 is 0. The number of amides is 1. The van der Waals surface area contributed by atoms with E-state index in [9.17, 15) is 9.90 Å². The van der Waals surface area contributed by atoms with Crippen LogP contribution in [0.2, 0.25) is 5.02 Å². The highest BCUT2D eigenvalue weighted by atomic mass is 35.5. The van der Waals surface area contributed by atoms with E-state index in [1.54, 1.807) is 24.3 Å². The number of aromatic hydroxyl groups is 1. The number of anilines is 1. The van der Waals surface area contributed by atoms with Gasteiger partial charge in [-0.15, -0.1) is 0 Å². The van der Waals surface area contributed by atoms with Crippen molar-refractivity contribution in [1.29, 1.82) is 5.26 Å². The lowest BCUT2D eigenvalue weighted by Gasteiger charge is -2.26. The molecule has 2 heterocycles. The predicted molar refractivity (Wildman–Crippen MR) is 181 cm³/mol. The second-order valence-corrected chi connectivity index (χ2v) is 11.9. The Morgan fingerprint density at radius 3 is 2.36 bits per heavy atom. The quantitative estimate of drug-likeness (QED) is 0.191. The highest BCUT2D eigenvalue weighted by molar-refractivity contribution is 6.32. The first-order chi connectivity index (χ1) is 21.3. The lowest BCUT2D eigenvalue weighted by Crippen LogP contribution is -2.35. The SMILES string of the molecule is CCC1CCCN1C(=O)c1cc(N(C)Cc2ccc(O)c(Cl)c2)nc2ccc(-c3ccc(C#N)cc3)cc12.CCCCCC. The number of aromatic nitrogens is 1. The molecule has 0 radical (unpaired) electrons. The summed E-state index contributed by atoms with van der Waals surface area (Å²) in [6.45, 7) is 7.86. The fraction of sp³-hybridized carbons (Fsp3) is 0.378. The number of carbonyl (C=O) groups excluding carboxylic acids is 1. The average Bonchev–Trinajstić information content (AvgIpc) is 3.54. The van der Waals surface area contributed by atoms with Crippen LogP contribution in [0.25, 0.3) is 22.0 Å². The number of carbonyl (C=O) groups is 1. The zero-order valence-electron chi connectivity index (χ0n) is 26.3. The number of hydrogen-bond acceptors (Lipinski definition) is 5. The third kappa shape index (κ3) is 7.89. The van der Waals surface area contributed by atoms with Crippen molar-refractivity contribution in [3.8, 4) is 22.9 Å².